The molecule has 2 fully saturated rings. The van der Waals surface area contributed by atoms with Crippen LogP contribution < -0.4 is 5.32 Å². The van der Waals surface area contributed by atoms with Crippen LogP contribution in [0.15, 0.2) is 0 Å². The maximum absolute atomic E-state index is 12.0. The van der Waals surface area contributed by atoms with Crippen molar-refractivity contribution in [2.45, 2.75) is 50.1 Å². The fourth-order valence-electron chi connectivity index (χ4n) is 2.45. The molecule has 4 nitrogen and oxygen atoms in total. The van der Waals surface area contributed by atoms with E-state index in [4.69, 9.17) is 9.47 Å². The van der Waals surface area contributed by atoms with Crippen molar-refractivity contribution < 1.29 is 27.4 Å². The van der Waals surface area contributed by atoms with E-state index in [-0.39, 0.29) is 6.04 Å². The molecule has 7 heteroatoms. The summed E-state index contributed by atoms with van der Waals surface area (Å²) in [5.74, 6) is -1.51. The fraction of sp³-hybridized carbons (Fsp3) is 0.909. The summed E-state index contributed by atoms with van der Waals surface area (Å²) in [5.41, 5.74) is 0. The Morgan fingerprint density at radius 3 is 2.28 bits per heavy atom. The fourth-order valence-corrected chi connectivity index (χ4v) is 2.45. The Morgan fingerprint density at radius 1 is 1.22 bits per heavy atom. The van der Waals surface area contributed by atoms with E-state index in [2.05, 4.69) is 5.32 Å². The molecule has 18 heavy (non-hydrogen) atoms. The van der Waals surface area contributed by atoms with Crippen molar-refractivity contribution in [3.8, 4) is 0 Å². The van der Waals surface area contributed by atoms with Crippen LogP contribution in [0.1, 0.15) is 32.1 Å². The summed E-state index contributed by atoms with van der Waals surface area (Å²) in [6.45, 7) is 1.12. The third-order valence-corrected chi connectivity index (χ3v) is 3.29. The molecule has 1 saturated carbocycles. The van der Waals surface area contributed by atoms with Gasteiger partial charge in [0.25, 0.3) is 0 Å². The molecular weight excluding hydrogens is 251 g/mol. The predicted octanol–water partition coefficient (Wildman–Crippen LogP) is 1.74. The van der Waals surface area contributed by atoms with Crippen molar-refractivity contribution >= 4 is 5.91 Å². The zero-order chi connectivity index (χ0) is 13.2. The zero-order valence-electron chi connectivity index (χ0n) is 9.89. The normalized spacial score (nSPS) is 24.4. The number of alkyl halides is 3. The SMILES string of the molecule is O=C(CC(F)(F)F)NC1CCC2(CC1)OCCO2. The summed E-state index contributed by atoms with van der Waals surface area (Å²) in [7, 11) is 0. The summed E-state index contributed by atoms with van der Waals surface area (Å²) >= 11 is 0. The summed E-state index contributed by atoms with van der Waals surface area (Å²) in [6, 6.07) is -0.210. The second kappa shape index (κ2) is 5.05. The van der Waals surface area contributed by atoms with Crippen molar-refractivity contribution in [2.24, 2.45) is 0 Å². The summed E-state index contributed by atoms with van der Waals surface area (Å²) in [6.07, 6.45) is -3.46. The van der Waals surface area contributed by atoms with E-state index in [0.717, 1.165) is 0 Å². The second-order valence-corrected chi connectivity index (χ2v) is 4.74. The van der Waals surface area contributed by atoms with Gasteiger partial charge in [-0.25, -0.2) is 0 Å². The summed E-state index contributed by atoms with van der Waals surface area (Å²) in [5, 5.41) is 2.41. The topological polar surface area (TPSA) is 47.6 Å². The lowest BCUT2D eigenvalue weighted by molar-refractivity contribution is -0.181. The quantitative estimate of drug-likeness (QED) is 0.829. The van der Waals surface area contributed by atoms with Crippen molar-refractivity contribution in [3.05, 3.63) is 0 Å². The molecule has 0 bridgehead atoms. The number of hydrogen-bond acceptors (Lipinski definition) is 3. The third-order valence-electron chi connectivity index (χ3n) is 3.29. The van der Waals surface area contributed by atoms with Gasteiger partial charge in [0.15, 0.2) is 5.79 Å². The molecule has 1 N–H and O–H groups in total. The summed E-state index contributed by atoms with van der Waals surface area (Å²) in [4.78, 5) is 11.1. The number of ether oxygens (including phenoxy) is 2. The highest BCUT2D eigenvalue weighted by Crippen LogP contribution is 2.35. The maximum Gasteiger partial charge on any atom is 0.397 e. The molecular formula is C11H16F3NO3. The molecule has 1 heterocycles. The lowest BCUT2D eigenvalue weighted by atomic mass is 9.90. The number of amides is 1. The monoisotopic (exact) mass is 267 g/mol. The van der Waals surface area contributed by atoms with Gasteiger partial charge in [-0.2, -0.15) is 13.2 Å². The standard InChI is InChI=1S/C11H16F3NO3/c12-11(13,14)7-9(16)15-8-1-3-10(4-2-8)17-5-6-18-10/h8H,1-7H2,(H,15,16). The van der Waals surface area contributed by atoms with Crippen LogP contribution in [-0.4, -0.2) is 37.1 Å². The molecule has 0 aromatic heterocycles. The van der Waals surface area contributed by atoms with E-state index in [1.54, 1.807) is 0 Å². The second-order valence-electron chi connectivity index (χ2n) is 4.74. The molecule has 0 atom stereocenters. The smallest absolute Gasteiger partial charge is 0.353 e. The summed E-state index contributed by atoms with van der Waals surface area (Å²) < 4.78 is 47.0. The first kappa shape index (κ1) is 13.6. The van der Waals surface area contributed by atoms with Gasteiger partial charge in [0, 0.05) is 18.9 Å². The molecule has 2 rings (SSSR count). The Bertz CT molecular complexity index is 303. The van der Waals surface area contributed by atoms with Gasteiger partial charge in [0.2, 0.25) is 5.91 Å². The Kier molecular flexibility index (Phi) is 3.82. The first-order valence-electron chi connectivity index (χ1n) is 6.03. The van der Waals surface area contributed by atoms with E-state index in [1.165, 1.54) is 0 Å². The van der Waals surface area contributed by atoms with Crippen molar-refractivity contribution in [2.75, 3.05) is 13.2 Å². The predicted molar refractivity (Wildman–Crippen MR) is 55.7 cm³/mol. The largest absolute Gasteiger partial charge is 0.397 e. The molecule has 0 radical (unpaired) electrons. The van der Waals surface area contributed by atoms with Gasteiger partial charge in [0.1, 0.15) is 6.42 Å². The van der Waals surface area contributed by atoms with Crippen molar-refractivity contribution in [1.29, 1.82) is 0 Å². The van der Waals surface area contributed by atoms with Crippen molar-refractivity contribution in [3.63, 3.8) is 0 Å². The van der Waals surface area contributed by atoms with Crippen LogP contribution in [0.4, 0.5) is 13.2 Å². The molecule has 104 valence electrons. The molecule has 0 aromatic carbocycles. The van der Waals surface area contributed by atoms with Gasteiger partial charge in [-0.1, -0.05) is 0 Å². The van der Waals surface area contributed by atoms with Gasteiger partial charge in [-0.15, -0.1) is 0 Å². The Labute approximate surface area is 103 Å². The average Bonchev–Trinajstić information content (AvgIpc) is 2.68. The Hall–Kier alpha value is -0.820. The minimum Gasteiger partial charge on any atom is -0.353 e. The van der Waals surface area contributed by atoms with Crippen LogP contribution in [0.2, 0.25) is 0 Å². The molecule has 0 unspecified atom stereocenters. The molecule has 1 saturated heterocycles. The van der Waals surface area contributed by atoms with E-state index >= 15 is 0 Å². The molecule has 2 aliphatic rings. The van der Waals surface area contributed by atoms with E-state index in [1.807, 2.05) is 0 Å². The van der Waals surface area contributed by atoms with Gasteiger partial charge in [-0.3, -0.25) is 4.79 Å². The average molecular weight is 267 g/mol. The van der Waals surface area contributed by atoms with Crippen LogP contribution in [0.3, 0.4) is 0 Å². The highest BCUT2D eigenvalue weighted by atomic mass is 19.4. The molecule has 1 aliphatic carbocycles. The lowest BCUT2D eigenvalue weighted by Crippen LogP contribution is -2.44. The minimum absolute atomic E-state index is 0.210. The molecule has 0 aromatic rings. The van der Waals surface area contributed by atoms with Gasteiger partial charge in [-0.05, 0) is 12.8 Å². The number of hydrogen-bond donors (Lipinski definition) is 1. The van der Waals surface area contributed by atoms with Gasteiger partial charge in [0.05, 0.1) is 13.2 Å². The number of rotatable bonds is 2. The minimum atomic E-state index is -4.45. The van der Waals surface area contributed by atoms with Crippen LogP contribution >= 0.6 is 0 Å². The number of carbonyl (C=O) groups excluding carboxylic acids is 1. The highest BCUT2D eigenvalue weighted by molar-refractivity contribution is 5.76. The Morgan fingerprint density at radius 2 is 1.78 bits per heavy atom. The number of nitrogens with one attached hydrogen (secondary N) is 1. The van der Waals surface area contributed by atoms with Crippen LogP contribution in [0, 0.1) is 0 Å². The zero-order valence-corrected chi connectivity index (χ0v) is 9.89. The van der Waals surface area contributed by atoms with Gasteiger partial charge < -0.3 is 14.8 Å². The van der Waals surface area contributed by atoms with Crippen LogP contribution in [-0.2, 0) is 14.3 Å². The Balaban J connectivity index is 1.75. The highest BCUT2D eigenvalue weighted by Gasteiger charge is 2.41. The lowest BCUT2D eigenvalue weighted by Gasteiger charge is -2.35. The number of carbonyl (C=O) groups is 1. The van der Waals surface area contributed by atoms with Crippen LogP contribution in [0.25, 0.3) is 0 Å². The van der Waals surface area contributed by atoms with E-state index < -0.39 is 24.3 Å². The molecule has 1 spiro atoms. The number of halogens is 3. The first-order valence-corrected chi connectivity index (χ1v) is 6.03. The third kappa shape index (κ3) is 3.58. The first-order chi connectivity index (χ1) is 8.39. The molecule has 1 aliphatic heterocycles. The molecule has 1 amide bonds. The van der Waals surface area contributed by atoms with Crippen molar-refractivity contribution in [1.82, 2.24) is 5.32 Å². The van der Waals surface area contributed by atoms with Gasteiger partial charge >= 0.3 is 6.18 Å². The van der Waals surface area contributed by atoms with E-state index in [9.17, 15) is 18.0 Å². The maximum atomic E-state index is 12.0. The van der Waals surface area contributed by atoms with E-state index in [0.29, 0.717) is 38.9 Å². The van der Waals surface area contributed by atoms with Crippen LogP contribution in [0.5, 0.6) is 0 Å².